The number of thiazole rings is 1. The first-order valence-electron chi connectivity index (χ1n) is 10.3. The van der Waals surface area contributed by atoms with E-state index in [1.54, 1.807) is 17.5 Å². The molecule has 4 rings (SSSR count). The summed E-state index contributed by atoms with van der Waals surface area (Å²) in [6.07, 6.45) is 5.38. The number of morpholine rings is 1. The lowest BCUT2D eigenvalue weighted by Crippen LogP contribution is -2.39. The molecule has 8 nitrogen and oxygen atoms in total. The summed E-state index contributed by atoms with van der Waals surface area (Å²) in [7, 11) is 0. The number of anilines is 1. The molecular weight excluding hydrogens is 388 g/mol. The van der Waals surface area contributed by atoms with Crippen LogP contribution in [0.15, 0.2) is 12.4 Å². The molecule has 29 heavy (non-hydrogen) atoms. The van der Waals surface area contributed by atoms with Gasteiger partial charge in [-0.15, -0.1) is 11.3 Å². The predicted molar refractivity (Wildman–Crippen MR) is 114 cm³/mol. The molecule has 0 spiro atoms. The Bertz CT molecular complexity index is 855. The Kier molecular flexibility index (Phi) is 5.89. The first-order chi connectivity index (χ1) is 13.9. The standard InChI is InChI=1S/C20H30N6O2S/c1-14-12-22-19(29-14)16-11-20(2,3)26-17(24-16)15(13-23-26)18(27)21-5-4-6-25-7-9-28-10-8-25/h12-13,16,24H,4-11H2,1-3H3,(H,21,27). The Hall–Kier alpha value is -1.97. The van der Waals surface area contributed by atoms with Gasteiger partial charge in [0.25, 0.3) is 5.91 Å². The van der Waals surface area contributed by atoms with Crippen molar-refractivity contribution in [3.05, 3.63) is 27.8 Å². The van der Waals surface area contributed by atoms with E-state index in [0.29, 0.717) is 12.1 Å². The van der Waals surface area contributed by atoms with Gasteiger partial charge in [0.2, 0.25) is 0 Å². The van der Waals surface area contributed by atoms with Crippen molar-refractivity contribution in [2.75, 3.05) is 44.7 Å². The largest absolute Gasteiger partial charge is 0.379 e. The van der Waals surface area contributed by atoms with E-state index in [1.165, 1.54) is 4.88 Å². The molecule has 2 aromatic heterocycles. The summed E-state index contributed by atoms with van der Waals surface area (Å²) < 4.78 is 7.31. The van der Waals surface area contributed by atoms with Crippen LogP contribution in [0.1, 0.15) is 53.0 Å². The minimum absolute atomic E-state index is 0.0764. The Balaban J connectivity index is 1.40. The summed E-state index contributed by atoms with van der Waals surface area (Å²) in [5.41, 5.74) is 0.405. The Morgan fingerprint density at radius 2 is 2.17 bits per heavy atom. The fourth-order valence-electron chi connectivity index (χ4n) is 4.02. The third kappa shape index (κ3) is 4.46. The van der Waals surface area contributed by atoms with Crippen molar-refractivity contribution in [3.63, 3.8) is 0 Å². The number of hydrogen-bond acceptors (Lipinski definition) is 7. The summed E-state index contributed by atoms with van der Waals surface area (Å²) in [5.74, 6) is 0.706. The minimum Gasteiger partial charge on any atom is -0.379 e. The molecule has 1 unspecified atom stereocenters. The molecule has 0 bridgehead atoms. The maximum Gasteiger partial charge on any atom is 0.256 e. The van der Waals surface area contributed by atoms with Crippen molar-refractivity contribution in [1.29, 1.82) is 0 Å². The average Bonchev–Trinajstić information content (AvgIpc) is 3.32. The zero-order chi connectivity index (χ0) is 20.4. The quantitative estimate of drug-likeness (QED) is 0.701. The lowest BCUT2D eigenvalue weighted by molar-refractivity contribution is 0.0374. The topological polar surface area (TPSA) is 84.3 Å². The van der Waals surface area contributed by atoms with Crippen LogP contribution < -0.4 is 10.6 Å². The van der Waals surface area contributed by atoms with Crippen molar-refractivity contribution in [2.45, 2.75) is 45.2 Å². The van der Waals surface area contributed by atoms with E-state index < -0.39 is 0 Å². The first-order valence-corrected chi connectivity index (χ1v) is 11.1. The summed E-state index contributed by atoms with van der Waals surface area (Å²) >= 11 is 1.70. The smallest absolute Gasteiger partial charge is 0.256 e. The molecule has 1 fully saturated rings. The second-order valence-corrected chi connectivity index (χ2v) is 9.67. The van der Waals surface area contributed by atoms with E-state index in [1.807, 2.05) is 10.9 Å². The van der Waals surface area contributed by atoms with Crippen LogP contribution in [-0.2, 0) is 10.3 Å². The fourth-order valence-corrected chi connectivity index (χ4v) is 4.85. The lowest BCUT2D eigenvalue weighted by Gasteiger charge is -2.37. The highest BCUT2D eigenvalue weighted by Gasteiger charge is 2.37. The average molecular weight is 419 g/mol. The molecule has 2 aliphatic rings. The lowest BCUT2D eigenvalue weighted by atomic mass is 9.93. The molecule has 2 N–H and O–H groups in total. The number of nitrogens with zero attached hydrogens (tertiary/aromatic N) is 4. The van der Waals surface area contributed by atoms with Crippen molar-refractivity contribution in [3.8, 4) is 0 Å². The molecule has 4 heterocycles. The number of amides is 1. The molecule has 0 aliphatic carbocycles. The highest BCUT2D eigenvalue weighted by atomic mass is 32.1. The van der Waals surface area contributed by atoms with Gasteiger partial charge in [-0.1, -0.05) is 0 Å². The van der Waals surface area contributed by atoms with Crippen LogP contribution >= 0.6 is 11.3 Å². The van der Waals surface area contributed by atoms with Gasteiger partial charge >= 0.3 is 0 Å². The van der Waals surface area contributed by atoms with Gasteiger partial charge in [0.15, 0.2) is 0 Å². The third-order valence-corrected chi connectivity index (χ3v) is 6.61. The maximum absolute atomic E-state index is 12.8. The van der Waals surface area contributed by atoms with Crippen LogP contribution in [0.25, 0.3) is 0 Å². The van der Waals surface area contributed by atoms with Gasteiger partial charge in [0, 0.05) is 30.7 Å². The molecule has 158 valence electrons. The van der Waals surface area contributed by atoms with E-state index in [9.17, 15) is 4.79 Å². The van der Waals surface area contributed by atoms with Crippen LogP contribution in [0.5, 0.6) is 0 Å². The number of nitrogens with one attached hydrogen (secondary N) is 2. The molecule has 1 amide bonds. The molecule has 0 radical (unpaired) electrons. The number of fused-ring (bicyclic) bond motifs is 1. The number of carbonyl (C=O) groups excluding carboxylic acids is 1. The van der Waals surface area contributed by atoms with Crippen molar-refractivity contribution >= 4 is 23.1 Å². The summed E-state index contributed by atoms with van der Waals surface area (Å²) in [6, 6.07) is 0.0840. The Labute approximate surface area is 175 Å². The molecule has 1 saturated heterocycles. The van der Waals surface area contributed by atoms with Crippen LogP contribution in [0.3, 0.4) is 0 Å². The zero-order valence-electron chi connectivity index (χ0n) is 17.4. The van der Waals surface area contributed by atoms with Gasteiger partial charge in [0.1, 0.15) is 16.4 Å². The number of hydrogen-bond donors (Lipinski definition) is 2. The van der Waals surface area contributed by atoms with Gasteiger partial charge in [0.05, 0.1) is 31.0 Å². The molecule has 0 saturated carbocycles. The normalized spacial score (nSPS) is 21.4. The Morgan fingerprint density at radius 1 is 1.38 bits per heavy atom. The summed E-state index contributed by atoms with van der Waals surface area (Å²) in [4.78, 5) is 21.0. The number of aryl methyl sites for hydroxylation is 1. The first kappa shape index (κ1) is 20.3. The van der Waals surface area contributed by atoms with Crippen LogP contribution in [0, 0.1) is 6.92 Å². The SMILES string of the molecule is Cc1cnc(C2CC(C)(C)n3ncc(C(=O)NCCCN4CCOCC4)c3N2)s1. The second-order valence-electron chi connectivity index (χ2n) is 8.40. The number of ether oxygens (including phenoxy) is 1. The molecule has 2 aliphatic heterocycles. The number of carbonyl (C=O) groups is 1. The van der Waals surface area contributed by atoms with Crippen LogP contribution in [0.4, 0.5) is 5.82 Å². The van der Waals surface area contributed by atoms with E-state index in [0.717, 1.165) is 56.5 Å². The highest BCUT2D eigenvalue weighted by molar-refractivity contribution is 7.11. The van der Waals surface area contributed by atoms with Gasteiger partial charge < -0.3 is 15.4 Å². The monoisotopic (exact) mass is 418 g/mol. The van der Waals surface area contributed by atoms with E-state index in [2.05, 4.69) is 46.4 Å². The van der Waals surface area contributed by atoms with Crippen molar-refractivity contribution < 1.29 is 9.53 Å². The van der Waals surface area contributed by atoms with E-state index >= 15 is 0 Å². The minimum atomic E-state index is -0.195. The van der Waals surface area contributed by atoms with Gasteiger partial charge in [-0.3, -0.25) is 9.69 Å². The second kappa shape index (κ2) is 8.41. The number of rotatable bonds is 6. The molecule has 1 atom stereocenters. The van der Waals surface area contributed by atoms with E-state index in [4.69, 9.17) is 4.74 Å². The van der Waals surface area contributed by atoms with Crippen LogP contribution in [0.2, 0.25) is 0 Å². The maximum atomic E-state index is 12.8. The van der Waals surface area contributed by atoms with Gasteiger partial charge in [-0.25, -0.2) is 9.67 Å². The summed E-state index contributed by atoms with van der Waals surface area (Å²) in [5, 5.41) is 12.2. The van der Waals surface area contributed by atoms with Crippen molar-refractivity contribution in [1.82, 2.24) is 25.0 Å². The third-order valence-electron chi connectivity index (χ3n) is 5.58. The molecule has 9 heteroatoms. The van der Waals surface area contributed by atoms with Crippen molar-refractivity contribution in [2.24, 2.45) is 0 Å². The fraction of sp³-hybridized carbons (Fsp3) is 0.650. The molecular formula is C20H30N6O2S. The van der Waals surface area contributed by atoms with Gasteiger partial charge in [-0.05, 0) is 40.2 Å². The van der Waals surface area contributed by atoms with Crippen LogP contribution in [-0.4, -0.2) is 65.0 Å². The summed E-state index contributed by atoms with van der Waals surface area (Å²) in [6.45, 7) is 11.6. The molecule has 0 aromatic carbocycles. The highest BCUT2D eigenvalue weighted by Crippen LogP contribution is 2.40. The van der Waals surface area contributed by atoms with Gasteiger partial charge in [-0.2, -0.15) is 5.10 Å². The molecule has 2 aromatic rings. The Morgan fingerprint density at radius 3 is 2.90 bits per heavy atom. The van der Waals surface area contributed by atoms with E-state index in [-0.39, 0.29) is 17.5 Å². The number of aromatic nitrogens is 3. The predicted octanol–water partition coefficient (Wildman–Crippen LogP) is 2.39. The zero-order valence-corrected chi connectivity index (χ0v) is 18.2.